The summed E-state index contributed by atoms with van der Waals surface area (Å²) in [7, 11) is -2.30. The molecule has 3 aliphatic rings. The number of benzene rings is 2. The lowest BCUT2D eigenvalue weighted by molar-refractivity contribution is -0.142. The van der Waals surface area contributed by atoms with Gasteiger partial charge in [0.2, 0.25) is 15.9 Å². The number of nitrogens with one attached hydrogen (secondary N) is 3. The number of alkyl halides is 5. The number of nitrogens with zero attached hydrogens (tertiary/aromatic N) is 5. The zero-order chi connectivity index (χ0) is 41.5. The van der Waals surface area contributed by atoms with E-state index in [9.17, 15) is 35.2 Å². The molecule has 2 aromatic carbocycles. The Morgan fingerprint density at radius 2 is 1.83 bits per heavy atom. The molecular formula is C38H32ClF7N8O3S. The summed E-state index contributed by atoms with van der Waals surface area (Å²) in [5.41, 5.74) is -1.82. The SMILES string of the molecule is Cn1nc(NS(C)(=O)=O)c2c(Cl)ccc(-c3ccc(C#CC4CCCN4)nc3[C@H](Cc3cc(F)cc(F)c3)NC(=O)Cn3nc(C(F)(F)F)c4c3C(F)(F)[C@@H]3C[C@H]43)c21. The van der Waals surface area contributed by atoms with Crippen LogP contribution in [0.15, 0.2) is 42.5 Å². The lowest BCUT2D eigenvalue weighted by atomic mass is 9.93. The van der Waals surface area contributed by atoms with Crippen molar-refractivity contribution < 1.29 is 43.9 Å². The second-order valence-corrected chi connectivity index (χ2v) is 16.8. The van der Waals surface area contributed by atoms with Gasteiger partial charge in [-0.05, 0) is 80.0 Å². The van der Waals surface area contributed by atoms with Crippen molar-refractivity contribution in [3.05, 3.63) is 93.0 Å². The zero-order valence-electron chi connectivity index (χ0n) is 30.5. The largest absolute Gasteiger partial charge is 0.435 e. The average Bonchev–Trinajstić information content (AvgIpc) is 3.35. The van der Waals surface area contributed by atoms with Crippen LogP contribution in [-0.2, 0) is 46.9 Å². The smallest absolute Gasteiger partial charge is 0.346 e. The second kappa shape index (κ2) is 14.3. The summed E-state index contributed by atoms with van der Waals surface area (Å²) in [4.78, 5) is 18.8. The van der Waals surface area contributed by atoms with Gasteiger partial charge in [-0.2, -0.15) is 32.1 Å². The maximum absolute atomic E-state index is 15.4. The molecule has 0 radical (unpaired) electrons. The van der Waals surface area contributed by atoms with E-state index in [-0.39, 0.29) is 57.6 Å². The van der Waals surface area contributed by atoms with Crippen LogP contribution in [0.25, 0.3) is 22.0 Å². The van der Waals surface area contributed by atoms with Crippen molar-refractivity contribution in [1.29, 1.82) is 0 Å². The Morgan fingerprint density at radius 1 is 1.10 bits per heavy atom. The van der Waals surface area contributed by atoms with E-state index in [0.717, 1.165) is 37.8 Å². The maximum Gasteiger partial charge on any atom is 0.435 e. The molecule has 1 saturated carbocycles. The van der Waals surface area contributed by atoms with Gasteiger partial charge in [0.05, 0.1) is 40.0 Å². The summed E-state index contributed by atoms with van der Waals surface area (Å²) in [6.45, 7) is -0.295. The van der Waals surface area contributed by atoms with Crippen molar-refractivity contribution in [1.82, 2.24) is 35.2 Å². The van der Waals surface area contributed by atoms with Crippen LogP contribution in [0, 0.1) is 29.4 Å². The van der Waals surface area contributed by atoms with Crippen LogP contribution in [0.1, 0.15) is 65.1 Å². The van der Waals surface area contributed by atoms with Gasteiger partial charge >= 0.3 is 6.18 Å². The predicted molar refractivity (Wildman–Crippen MR) is 198 cm³/mol. The molecule has 20 heteroatoms. The summed E-state index contributed by atoms with van der Waals surface area (Å²) < 4.78 is 131. The normalized spacial score (nSPS) is 20.0. The molecule has 1 aliphatic heterocycles. The van der Waals surface area contributed by atoms with Crippen molar-refractivity contribution >= 4 is 44.3 Å². The van der Waals surface area contributed by atoms with Gasteiger partial charge in [0, 0.05) is 35.7 Å². The fraction of sp³-hybridized carbons (Fsp3) is 0.368. The minimum atomic E-state index is -5.07. The van der Waals surface area contributed by atoms with E-state index in [1.807, 2.05) is 0 Å². The summed E-state index contributed by atoms with van der Waals surface area (Å²) in [5.74, 6) is -2.96. The predicted octanol–water partition coefficient (Wildman–Crippen LogP) is 6.57. The molecule has 0 spiro atoms. The number of pyridine rings is 1. The van der Waals surface area contributed by atoms with E-state index >= 15 is 8.78 Å². The number of carbonyl (C=O) groups is 1. The highest BCUT2D eigenvalue weighted by atomic mass is 35.5. The molecule has 11 nitrogen and oxygen atoms in total. The number of hydrogen-bond acceptors (Lipinski definition) is 7. The molecular weight excluding hydrogens is 817 g/mol. The molecule has 58 heavy (non-hydrogen) atoms. The Balaban J connectivity index is 1.27. The number of fused-ring (bicyclic) bond motifs is 4. The molecule has 0 bridgehead atoms. The molecule has 5 aromatic rings. The van der Waals surface area contributed by atoms with Gasteiger partial charge in [-0.3, -0.25) is 18.9 Å². The fourth-order valence-electron chi connectivity index (χ4n) is 8.00. The lowest BCUT2D eigenvalue weighted by Crippen LogP contribution is -2.35. The highest BCUT2D eigenvalue weighted by Gasteiger charge is 2.68. The summed E-state index contributed by atoms with van der Waals surface area (Å²) in [6.07, 6.45) is -2.94. The van der Waals surface area contributed by atoms with E-state index < -0.39 is 81.0 Å². The molecule has 1 saturated heterocycles. The minimum absolute atomic E-state index is 0.0366. The van der Waals surface area contributed by atoms with Gasteiger partial charge in [0.1, 0.15) is 29.6 Å². The molecule has 2 aliphatic carbocycles. The van der Waals surface area contributed by atoms with Crippen molar-refractivity contribution in [2.45, 2.75) is 62.3 Å². The number of hydrogen-bond donors (Lipinski definition) is 3. The van der Waals surface area contributed by atoms with Crippen LogP contribution < -0.4 is 15.4 Å². The highest BCUT2D eigenvalue weighted by Crippen LogP contribution is 2.68. The Kier molecular flexibility index (Phi) is 9.75. The molecule has 3 N–H and O–H groups in total. The number of aryl methyl sites for hydroxylation is 1. The third-order valence-corrected chi connectivity index (χ3v) is 11.3. The quantitative estimate of drug-likeness (QED) is 0.113. The van der Waals surface area contributed by atoms with Gasteiger partial charge in [-0.1, -0.05) is 23.6 Å². The Labute approximate surface area is 331 Å². The molecule has 3 aromatic heterocycles. The molecule has 1 unspecified atom stereocenters. The molecule has 304 valence electrons. The van der Waals surface area contributed by atoms with Crippen LogP contribution in [0.5, 0.6) is 0 Å². The summed E-state index contributed by atoms with van der Waals surface area (Å²) in [6, 6.07) is 7.49. The van der Waals surface area contributed by atoms with Gasteiger partial charge in [0.25, 0.3) is 5.92 Å². The van der Waals surface area contributed by atoms with E-state index in [4.69, 9.17) is 16.6 Å². The first-order valence-corrected chi connectivity index (χ1v) is 20.2. The molecule has 4 heterocycles. The van der Waals surface area contributed by atoms with E-state index in [0.29, 0.717) is 21.8 Å². The number of aromatic nitrogens is 5. The second-order valence-electron chi connectivity index (χ2n) is 14.7. The summed E-state index contributed by atoms with van der Waals surface area (Å²) in [5, 5.41) is 14.0. The van der Waals surface area contributed by atoms with Crippen LogP contribution in [0.2, 0.25) is 5.02 Å². The van der Waals surface area contributed by atoms with E-state index in [1.54, 1.807) is 18.2 Å². The molecule has 1 amide bonds. The van der Waals surface area contributed by atoms with Crippen molar-refractivity contribution in [3.8, 4) is 23.0 Å². The zero-order valence-corrected chi connectivity index (χ0v) is 32.1. The van der Waals surface area contributed by atoms with E-state index in [1.165, 1.54) is 17.8 Å². The van der Waals surface area contributed by atoms with Gasteiger partial charge in [-0.15, -0.1) is 0 Å². The number of anilines is 1. The number of amides is 1. The van der Waals surface area contributed by atoms with Gasteiger partial charge < -0.3 is 10.6 Å². The molecule has 2 fully saturated rings. The first-order chi connectivity index (χ1) is 27.3. The maximum atomic E-state index is 15.4. The number of sulfonamides is 1. The van der Waals surface area contributed by atoms with Crippen molar-refractivity contribution in [2.24, 2.45) is 13.0 Å². The minimum Gasteiger partial charge on any atom is -0.346 e. The average molecular weight is 849 g/mol. The third kappa shape index (κ3) is 7.48. The van der Waals surface area contributed by atoms with Crippen LogP contribution in [0.3, 0.4) is 0 Å². The third-order valence-electron chi connectivity index (χ3n) is 10.4. The first kappa shape index (κ1) is 39.6. The number of halogens is 8. The lowest BCUT2D eigenvalue weighted by Gasteiger charge is -2.23. The Morgan fingerprint density at radius 3 is 2.50 bits per heavy atom. The van der Waals surface area contributed by atoms with Gasteiger partial charge in [-0.25, -0.2) is 22.2 Å². The Bertz CT molecular complexity index is 2660. The Hall–Kier alpha value is -5.19. The topological polar surface area (TPSA) is 136 Å². The fourth-order valence-corrected chi connectivity index (χ4v) is 8.73. The highest BCUT2D eigenvalue weighted by molar-refractivity contribution is 7.92. The van der Waals surface area contributed by atoms with Crippen LogP contribution >= 0.6 is 11.6 Å². The van der Waals surface area contributed by atoms with Crippen LogP contribution in [0.4, 0.5) is 36.6 Å². The van der Waals surface area contributed by atoms with Gasteiger partial charge in [0.15, 0.2) is 11.5 Å². The van der Waals surface area contributed by atoms with Crippen LogP contribution in [-0.4, -0.2) is 57.7 Å². The monoisotopic (exact) mass is 848 g/mol. The molecule has 8 rings (SSSR count). The number of carbonyl (C=O) groups excluding carboxylic acids is 1. The standard InChI is InChI=1S/C38H32ClF7N8O3S/c1-53-33-24(9-10-27(39)31(33)36(51-53)52-58(2,56)57)23-8-7-22(6-5-21-4-3-11-47-21)48-32(23)28(14-18-12-19(40)15-20(41)13-18)49-29(55)17-54-35-30(34(50-54)38(44,45)46)25-16-26(25)37(35,42)43/h7-10,12-13,15,21,25-26,28,47H,3-4,11,14,16-17H2,1-2H3,(H,49,55)(H,51,52)/t21?,25-,26+,28-/m0/s1. The van der Waals surface area contributed by atoms with Crippen molar-refractivity contribution in [2.75, 3.05) is 17.5 Å². The summed E-state index contributed by atoms with van der Waals surface area (Å²) >= 11 is 6.59. The first-order valence-electron chi connectivity index (χ1n) is 18.0. The number of rotatable bonds is 9. The molecule has 4 atom stereocenters. The van der Waals surface area contributed by atoms with E-state index in [2.05, 4.69) is 37.4 Å². The van der Waals surface area contributed by atoms with Crippen molar-refractivity contribution in [3.63, 3.8) is 0 Å².